The van der Waals surface area contributed by atoms with Crippen molar-refractivity contribution in [3.8, 4) is 0 Å². The molecular weight excluding hydrogens is 188 g/mol. The summed E-state index contributed by atoms with van der Waals surface area (Å²) in [6, 6.07) is 0. The van der Waals surface area contributed by atoms with Crippen LogP contribution in [0.2, 0.25) is 0 Å². The Kier molecular flexibility index (Phi) is 11.9. The molecule has 91 valence electrons. The number of nitrogens with two attached hydrogens (primary N) is 1. The maximum atomic E-state index is 5.64. The fraction of sp³-hybridized carbons (Fsp3) is 0.917. The molecule has 0 amide bonds. The van der Waals surface area contributed by atoms with Gasteiger partial charge in [-0.05, 0) is 25.3 Å². The summed E-state index contributed by atoms with van der Waals surface area (Å²) < 4.78 is 5.64. The van der Waals surface area contributed by atoms with Gasteiger partial charge in [-0.1, -0.05) is 33.1 Å². The van der Waals surface area contributed by atoms with E-state index < -0.39 is 0 Å². The van der Waals surface area contributed by atoms with Crippen LogP contribution in [0.4, 0.5) is 0 Å². The van der Waals surface area contributed by atoms with Gasteiger partial charge in [0.05, 0.1) is 6.67 Å². The lowest BCUT2D eigenvalue weighted by molar-refractivity contribution is 0.0924. The molecule has 0 bridgehead atoms. The number of rotatable bonds is 11. The van der Waals surface area contributed by atoms with E-state index in [2.05, 4.69) is 19.2 Å². The first-order chi connectivity index (χ1) is 7.35. The van der Waals surface area contributed by atoms with Crippen molar-refractivity contribution >= 4 is 0 Å². The summed E-state index contributed by atoms with van der Waals surface area (Å²) in [4.78, 5) is 0. The Morgan fingerprint density at radius 1 is 1.33 bits per heavy atom. The normalized spacial score (nSPS) is 13.0. The quantitative estimate of drug-likeness (QED) is 0.520. The summed E-state index contributed by atoms with van der Waals surface area (Å²) in [6.45, 7) is 8.63. The van der Waals surface area contributed by atoms with Crippen molar-refractivity contribution in [3.63, 3.8) is 0 Å². The number of nitrogens with one attached hydrogen (secondary N) is 1. The van der Waals surface area contributed by atoms with E-state index in [0.717, 1.165) is 32.1 Å². The van der Waals surface area contributed by atoms with Crippen molar-refractivity contribution in [1.82, 2.24) is 5.32 Å². The summed E-state index contributed by atoms with van der Waals surface area (Å²) in [7, 11) is 0. The Bertz CT molecular complexity index is 120. The van der Waals surface area contributed by atoms with Crippen molar-refractivity contribution < 1.29 is 4.74 Å². The molecule has 0 saturated heterocycles. The summed E-state index contributed by atoms with van der Waals surface area (Å²) in [5.74, 6) is 0.749. The van der Waals surface area contributed by atoms with Crippen LogP contribution in [-0.2, 0) is 4.74 Å². The van der Waals surface area contributed by atoms with E-state index in [-0.39, 0.29) is 0 Å². The average molecular weight is 215 g/mol. The van der Waals surface area contributed by atoms with Crippen LogP contribution in [0.25, 0.3) is 0 Å². The number of hydrogen-bond donors (Lipinski definition) is 2. The van der Waals surface area contributed by atoms with E-state index in [9.17, 15) is 0 Å². The minimum Gasteiger partial charge on any atom is -0.381 e. The zero-order chi connectivity index (χ0) is 11.4. The molecule has 0 aromatic rings. The van der Waals surface area contributed by atoms with Gasteiger partial charge in [0.25, 0.3) is 0 Å². The molecule has 0 fully saturated rings. The second-order valence-corrected chi connectivity index (χ2v) is 3.97. The van der Waals surface area contributed by atoms with Gasteiger partial charge in [0, 0.05) is 13.2 Å². The maximum absolute atomic E-state index is 5.64. The molecule has 1 radical (unpaired) electrons. The van der Waals surface area contributed by atoms with E-state index >= 15 is 0 Å². The lowest BCUT2D eigenvalue weighted by Crippen LogP contribution is -2.19. The van der Waals surface area contributed by atoms with Crippen LogP contribution in [0, 0.1) is 12.6 Å². The van der Waals surface area contributed by atoms with Gasteiger partial charge in [-0.15, -0.1) is 0 Å². The molecule has 1 unspecified atom stereocenters. The van der Waals surface area contributed by atoms with Crippen LogP contribution in [0.3, 0.4) is 0 Å². The summed E-state index contributed by atoms with van der Waals surface area (Å²) in [5, 5.41) is 2.96. The van der Waals surface area contributed by atoms with E-state index in [0.29, 0.717) is 0 Å². The highest BCUT2D eigenvalue weighted by Crippen LogP contribution is 2.12. The molecule has 0 aliphatic carbocycles. The smallest absolute Gasteiger partial charge is 0.0838 e. The first-order valence-corrected chi connectivity index (χ1v) is 6.19. The maximum Gasteiger partial charge on any atom is 0.0838 e. The van der Waals surface area contributed by atoms with Crippen LogP contribution in [0.5, 0.6) is 0 Å². The third kappa shape index (κ3) is 10.2. The van der Waals surface area contributed by atoms with Gasteiger partial charge in [0.1, 0.15) is 0 Å². The lowest BCUT2D eigenvalue weighted by atomic mass is 10.0. The highest BCUT2D eigenvalue weighted by atomic mass is 16.5. The fourth-order valence-corrected chi connectivity index (χ4v) is 1.51. The van der Waals surface area contributed by atoms with Crippen LogP contribution in [-0.4, -0.2) is 19.8 Å². The van der Waals surface area contributed by atoms with Gasteiger partial charge in [0.15, 0.2) is 0 Å². The van der Waals surface area contributed by atoms with Crippen LogP contribution in [0.15, 0.2) is 0 Å². The third-order valence-electron chi connectivity index (χ3n) is 2.62. The van der Waals surface area contributed by atoms with E-state index in [1.54, 1.807) is 0 Å². The van der Waals surface area contributed by atoms with E-state index in [1.807, 2.05) is 0 Å². The summed E-state index contributed by atoms with van der Waals surface area (Å²) in [5.41, 5.74) is 5.19. The van der Waals surface area contributed by atoms with Crippen molar-refractivity contribution in [2.45, 2.75) is 46.0 Å². The minimum absolute atomic E-state index is 0.749. The predicted octanol–water partition coefficient (Wildman–Crippen LogP) is 2.28. The zero-order valence-corrected chi connectivity index (χ0v) is 10.3. The second kappa shape index (κ2) is 12.0. The van der Waals surface area contributed by atoms with Crippen molar-refractivity contribution in [2.24, 2.45) is 11.7 Å². The summed E-state index contributed by atoms with van der Waals surface area (Å²) in [6.07, 6.45) is 6.17. The van der Waals surface area contributed by atoms with Crippen LogP contribution in [0.1, 0.15) is 46.0 Å². The Morgan fingerprint density at radius 2 is 2.13 bits per heavy atom. The van der Waals surface area contributed by atoms with E-state index in [1.165, 1.54) is 32.4 Å². The molecular formula is C12H27N2O. The van der Waals surface area contributed by atoms with E-state index in [4.69, 9.17) is 10.5 Å². The molecule has 0 aromatic heterocycles. The van der Waals surface area contributed by atoms with Crippen molar-refractivity contribution in [1.29, 1.82) is 0 Å². The Labute approximate surface area is 94.8 Å². The monoisotopic (exact) mass is 215 g/mol. The summed E-state index contributed by atoms with van der Waals surface area (Å²) >= 11 is 0. The second-order valence-electron chi connectivity index (χ2n) is 3.97. The molecule has 3 nitrogen and oxygen atoms in total. The molecule has 1 atom stereocenters. The average Bonchev–Trinajstić information content (AvgIpc) is 2.27. The molecule has 0 aliphatic rings. The largest absolute Gasteiger partial charge is 0.381 e. The van der Waals surface area contributed by atoms with Gasteiger partial charge in [-0.25, -0.2) is 0 Å². The standard InChI is InChI=1S/C12H27N2O/c1-3-5-7-12(4-2)10-15-9-6-8-14-11-13/h11-12,14H,3-10,13H2,1-2H3. The highest BCUT2D eigenvalue weighted by molar-refractivity contribution is 4.56. The first-order valence-electron chi connectivity index (χ1n) is 6.19. The Morgan fingerprint density at radius 3 is 2.73 bits per heavy atom. The van der Waals surface area contributed by atoms with Crippen molar-refractivity contribution in [2.75, 3.05) is 19.8 Å². The molecule has 15 heavy (non-hydrogen) atoms. The molecule has 0 saturated carbocycles. The highest BCUT2D eigenvalue weighted by Gasteiger charge is 2.05. The van der Waals surface area contributed by atoms with Gasteiger partial charge in [-0.3, -0.25) is 5.32 Å². The number of ether oxygens (including phenoxy) is 1. The fourth-order valence-electron chi connectivity index (χ4n) is 1.51. The molecule has 0 aliphatic heterocycles. The van der Waals surface area contributed by atoms with Gasteiger partial charge in [0.2, 0.25) is 0 Å². The lowest BCUT2D eigenvalue weighted by Gasteiger charge is -2.14. The molecule has 0 rings (SSSR count). The molecule has 0 spiro atoms. The third-order valence-corrected chi connectivity index (χ3v) is 2.62. The minimum atomic E-state index is 0.749. The molecule has 3 N–H and O–H groups in total. The van der Waals surface area contributed by atoms with Gasteiger partial charge in [-0.2, -0.15) is 0 Å². The van der Waals surface area contributed by atoms with Crippen LogP contribution >= 0.6 is 0 Å². The zero-order valence-electron chi connectivity index (χ0n) is 10.3. The van der Waals surface area contributed by atoms with Crippen molar-refractivity contribution in [3.05, 3.63) is 6.67 Å². The number of unbranched alkanes of at least 4 members (excludes halogenated alkanes) is 1. The topological polar surface area (TPSA) is 47.3 Å². The predicted molar refractivity (Wildman–Crippen MR) is 65.2 cm³/mol. The van der Waals surface area contributed by atoms with Crippen LogP contribution < -0.4 is 11.1 Å². The molecule has 3 heteroatoms. The SMILES string of the molecule is CCCCC(CC)COCCCN[CH]N. The Balaban J connectivity index is 3.22. The first kappa shape index (κ1) is 14.9. The number of hydrogen-bond acceptors (Lipinski definition) is 3. The molecule has 0 heterocycles. The molecule has 0 aromatic carbocycles. The van der Waals surface area contributed by atoms with Gasteiger partial charge < -0.3 is 10.5 Å². The Hall–Kier alpha value is -0.120. The van der Waals surface area contributed by atoms with Gasteiger partial charge >= 0.3 is 0 Å².